The van der Waals surface area contributed by atoms with E-state index < -0.39 is 0 Å². The van der Waals surface area contributed by atoms with Crippen molar-refractivity contribution >= 4 is 29.1 Å². The summed E-state index contributed by atoms with van der Waals surface area (Å²) in [6.07, 6.45) is 0.515. The fourth-order valence-corrected chi connectivity index (χ4v) is 2.02. The molecule has 0 aliphatic rings. The van der Waals surface area contributed by atoms with E-state index in [2.05, 4.69) is 10.6 Å². The van der Waals surface area contributed by atoms with Crippen LogP contribution in [0.2, 0.25) is 5.02 Å². The van der Waals surface area contributed by atoms with Gasteiger partial charge in [0.2, 0.25) is 0 Å². The number of aliphatic hydroxyl groups excluding tert-OH is 1. The number of anilines is 1. The Bertz CT molecular complexity index is 669. The van der Waals surface area contributed by atoms with Crippen molar-refractivity contribution < 1.29 is 14.7 Å². The number of carbonyl (C=O) groups excluding carboxylic acids is 2. The van der Waals surface area contributed by atoms with E-state index >= 15 is 0 Å². The fourth-order valence-electron chi connectivity index (χ4n) is 1.89. The molecule has 5 nitrogen and oxygen atoms in total. The molecule has 0 unspecified atom stereocenters. The lowest BCUT2D eigenvalue weighted by Crippen LogP contribution is -2.25. The molecule has 2 amide bonds. The summed E-state index contributed by atoms with van der Waals surface area (Å²) in [5, 5.41) is 14.7. The molecule has 0 aliphatic heterocycles. The van der Waals surface area contributed by atoms with E-state index in [9.17, 15) is 9.59 Å². The highest BCUT2D eigenvalue weighted by Gasteiger charge is 2.08. The Kier molecular flexibility index (Phi) is 6.14. The number of carbonyl (C=O) groups is 2. The summed E-state index contributed by atoms with van der Waals surface area (Å²) >= 11 is 5.79. The van der Waals surface area contributed by atoms with Gasteiger partial charge in [0.05, 0.1) is 0 Å². The minimum absolute atomic E-state index is 0.0376. The standard InChI is InChI=1S/C17H17ClN2O3/c18-14-6-2-13(3-7-14)17(23)20-15-8-4-12(5-9-15)16(22)19-10-1-11-21/h2-9,21H,1,10-11H2,(H,19,22)(H,20,23). The normalized spacial score (nSPS) is 10.2. The molecule has 0 fully saturated rings. The van der Waals surface area contributed by atoms with Gasteiger partial charge in [-0.15, -0.1) is 0 Å². The first-order chi connectivity index (χ1) is 11.1. The molecule has 0 heterocycles. The number of nitrogens with one attached hydrogen (secondary N) is 2. The first-order valence-electron chi connectivity index (χ1n) is 7.16. The van der Waals surface area contributed by atoms with E-state index in [4.69, 9.17) is 16.7 Å². The zero-order chi connectivity index (χ0) is 16.7. The smallest absolute Gasteiger partial charge is 0.255 e. The van der Waals surface area contributed by atoms with Crippen LogP contribution in [-0.2, 0) is 0 Å². The summed E-state index contributed by atoms with van der Waals surface area (Å²) in [5.41, 5.74) is 1.59. The third-order valence-electron chi connectivity index (χ3n) is 3.13. The van der Waals surface area contributed by atoms with Gasteiger partial charge in [-0.2, -0.15) is 0 Å². The largest absolute Gasteiger partial charge is 0.396 e. The molecule has 0 bridgehead atoms. The van der Waals surface area contributed by atoms with Gasteiger partial charge in [-0.1, -0.05) is 11.6 Å². The maximum Gasteiger partial charge on any atom is 0.255 e. The van der Waals surface area contributed by atoms with Gasteiger partial charge in [-0.25, -0.2) is 0 Å². The summed E-state index contributed by atoms with van der Waals surface area (Å²) in [6, 6.07) is 13.2. The van der Waals surface area contributed by atoms with Crippen molar-refractivity contribution in [1.29, 1.82) is 0 Å². The van der Waals surface area contributed by atoms with Gasteiger partial charge >= 0.3 is 0 Å². The van der Waals surface area contributed by atoms with E-state index in [1.807, 2.05) is 0 Å². The molecule has 0 aromatic heterocycles. The molecule has 2 aromatic rings. The number of amides is 2. The highest BCUT2D eigenvalue weighted by Crippen LogP contribution is 2.13. The Hall–Kier alpha value is -2.37. The summed E-state index contributed by atoms with van der Waals surface area (Å²) in [7, 11) is 0. The van der Waals surface area contributed by atoms with Crippen molar-refractivity contribution in [2.75, 3.05) is 18.5 Å². The minimum Gasteiger partial charge on any atom is -0.396 e. The van der Waals surface area contributed by atoms with E-state index in [-0.39, 0.29) is 18.4 Å². The van der Waals surface area contributed by atoms with E-state index in [0.29, 0.717) is 34.8 Å². The Balaban J connectivity index is 1.95. The van der Waals surface area contributed by atoms with Gasteiger partial charge in [0.1, 0.15) is 0 Å². The predicted octanol–water partition coefficient (Wildman–Crippen LogP) is 2.70. The van der Waals surface area contributed by atoms with Crippen LogP contribution >= 0.6 is 11.6 Å². The Morgan fingerprint density at radius 3 is 2.09 bits per heavy atom. The van der Waals surface area contributed by atoms with Crippen molar-refractivity contribution in [1.82, 2.24) is 5.32 Å². The molecule has 0 saturated heterocycles. The second-order valence-corrected chi connectivity index (χ2v) is 5.31. The van der Waals surface area contributed by atoms with Crippen LogP contribution in [0.15, 0.2) is 48.5 Å². The summed E-state index contributed by atoms with van der Waals surface area (Å²) in [6.45, 7) is 0.459. The van der Waals surface area contributed by atoms with Crippen molar-refractivity contribution in [2.24, 2.45) is 0 Å². The van der Waals surface area contributed by atoms with Crippen LogP contribution in [0.3, 0.4) is 0 Å². The summed E-state index contributed by atoms with van der Waals surface area (Å²) in [5.74, 6) is -0.462. The highest BCUT2D eigenvalue weighted by atomic mass is 35.5. The SMILES string of the molecule is O=C(NCCCO)c1ccc(NC(=O)c2ccc(Cl)cc2)cc1. The van der Waals surface area contributed by atoms with Crippen molar-refractivity contribution in [2.45, 2.75) is 6.42 Å². The third kappa shape index (κ3) is 5.09. The lowest BCUT2D eigenvalue weighted by Gasteiger charge is -2.07. The highest BCUT2D eigenvalue weighted by molar-refractivity contribution is 6.30. The van der Waals surface area contributed by atoms with Gasteiger partial charge in [0, 0.05) is 35.0 Å². The quantitative estimate of drug-likeness (QED) is 0.712. The molecule has 23 heavy (non-hydrogen) atoms. The molecule has 0 spiro atoms. The van der Waals surface area contributed by atoms with Crippen LogP contribution in [0.1, 0.15) is 27.1 Å². The number of hydrogen-bond donors (Lipinski definition) is 3. The van der Waals surface area contributed by atoms with Gasteiger partial charge < -0.3 is 15.7 Å². The van der Waals surface area contributed by atoms with E-state index in [1.165, 1.54) is 0 Å². The molecule has 0 aliphatic carbocycles. The average Bonchev–Trinajstić information content (AvgIpc) is 2.56. The zero-order valence-corrected chi connectivity index (χ0v) is 13.1. The minimum atomic E-state index is -0.248. The van der Waals surface area contributed by atoms with Crippen molar-refractivity contribution in [3.8, 4) is 0 Å². The van der Waals surface area contributed by atoms with Crippen LogP contribution in [-0.4, -0.2) is 30.1 Å². The molecule has 2 rings (SSSR count). The molecule has 6 heteroatoms. The van der Waals surface area contributed by atoms with Crippen molar-refractivity contribution in [3.63, 3.8) is 0 Å². The molecule has 120 valence electrons. The molecular formula is C17H17ClN2O3. The van der Waals surface area contributed by atoms with Crippen LogP contribution in [0.4, 0.5) is 5.69 Å². The molecule has 2 aromatic carbocycles. The first-order valence-corrected chi connectivity index (χ1v) is 7.54. The van der Waals surface area contributed by atoms with Crippen LogP contribution in [0, 0.1) is 0 Å². The second-order valence-electron chi connectivity index (χ2n) is 4.87. The third-order valence-corrected chi connectivity index (χ3v) is 3.38. The van der Waals surface area contributed by atoms with Gasteiger partial charge in [0.15, 0.2) is 0 Å². The molecule has 0 saturated carbocycles. The Morgan fingerprint density at radius 1 is 0.913 bits per heavy atom. The predicted molar refractivity (Wildman–Crippen MR) is 89.9 cm³/mol. The monoisotopic (exact) mass is 332 g/mol. The maximum absolute atomic E-state index is 12.1. The summed E-state index contributed by atoms with van der Waals surface area (Å²) < 4.78 is 0. The number of aliphatic hydroxyl groups is 1. The second kappa shape index (κ2) is 8.31. The maximum atomic E-state index is 12.1. The van der Waals surface area contributed by atoms with E-state index in [0.717, 1.165) is 0 Å². The molecular weight excluding hydrogens is 316 g/mol. The van der Waals surface area contributed by atoms with Crippen LogP contribution in [0.25, 0.3) is 0 Å². The first kappa shape index (κ1) is 17.0. The lowest BCUT2D eigenvalue weighted by molar-refractivity contribution is 0.0950. The van der Waals surface area contributed by atoms with Gasteiger partial charge in [-0.05, 0) is 55.0 Å². The van der Waals surface area contributed by atoms with Crippen molar-refractivity contribution in [3.05, 3.63) is 64.7 Å². The lowest BCUT2D eigenvalue weighted by atomic mass is 10.1. The topological polar surface area (TPSA) is 78.4 Å². The van der Waals surface area contributed by atoms with E-state index in [1.54, 1.807) is 48.5 Å². The zero-order valence-electron chi connectivity index (χ0n) is 12.4. The number of benzene rings is 2. The number of rotatable bonds is 6. The number of hydrogen-bond acceptors (Lipinski definition) is 3. The average molecular weight is 333 g/mol. The molecule has 0 radical (unpaired) electrons. The Morgan fingerprint density at radius 2 is 1.48 bits per heavy atom. The number of halogens is 1. The van der Waals surface area contributed by atoms with Crippen LogP contribution in [0.5, 0.6) is 0 Å². The molecule has 0 atom stereocenters. The van der Waals surface area contributed by atoms with Gasteiger partial charge in [0.25, 0.3) is 11.8 Å². The summed E-state index contributed by atoms with van der Waals surface area (Å²) in [4.78, 5) is 23.9. The van der Waals surface area contributed by atoms with Crippen LogP contribution < -0.4 is 10.6 Å². The molecule has 3 N–H and O–H groups in total. The fraction of sp³-hybridized carbons (Fsp3) is 0.176. The Labute approximate surface area is 139 Å². The van der Waals surface area contributed by atoms with Gasteiger partial charge in [-0.3, -0.25) is 9.59 Å².